The maximum Gasteiger partial charge on any atom is 0.261 e. The molecule has 4 nitrogen and oxygen atoms in total. The third-order valence-electron chi connectivity index (χ3n) is 2.74. The maximum atomic E-state index is 12.0. The highest BCUT2D eigenvalue weighted by Gasteiger charge is 2.20. The summed E-state index contributed by atoms with van der Waals surface area (Å²) >= 11 is 0. The topological polar surface area (TPSA) is 58.6 Å². The van der Waals surface area contributed by atoms with E-state index in [4.69, 9.17) is 9.84 Å². The average Bonchev–Trinajstić information content (AvgIpc) is 2.43. The van der Waals surface area contributed by atoms with Gasteiger partial charge in [-0.2, -0.15) is 0 Å². The Morgan fingerprint density at radius 3 is 2.44 bits per heavy atom. The van der Waals surface area contributed by atoms with Crippen molar-refractivity contribution in [2.45, 2.75) is 38.8 Å². The van der Waals surface area contributed by atoms with Gasteiger partial charge in [0, 0.05) is 0 Å². The predicted molar refractivity (Wildman–Crippen MR) is 70.5 cm³/mol. The number of nitrogens with one attached hydrogen (secondary N) is 1. The number of ether oxygens (including phenoxy) is 1. The Labute approximate surface area is 108 Å². The minimum absolute atomic E-state index is 0.0516. The Hall–Kier alpha value is -1.55. The molecule has 0 aliphatic heterocycles. The number of amides is 1. The molecule has 1 aromatic carbocycles. The van der Waals surface area contributed by atoms with Gasteiger partial charge in [-0.05, 0) is 25.0 Å². The molecule has 2 N–H and O–H groups in total. The van der Waals surface area contributed by atoms with Gasteiger partial charge in [0.1, 0.15) is 5.75 Å². The number of benzene rings is 1. The molecule has 1 amide bonds. The zero-order chi connectivity index (χ0) is 13.4. The average molecular weight is 251 g/mol. The van der Waals surface area contributed by atoms with Crippen molar-refractivity contribution < 1.29 is 14.6 Å². The number of aliphatic hydroxyl groups is 1. The second kappa shape index (κ2) is 7.71. The Morgan fingerprint density at radius 2 is 1.94 bits per heavy atom. The summed E-state index contributed by atoms with van der Waals surface area (Å²) in [5, 5.41) is 11.8. The van der Waals surface area contributed by atoms with E-state index < -0.39 is 6.10 Å². The maximum absolute atomic E-state index is 12.0. The fourth-order valence-corrected chi connectivity index (χ4v) is 1.56. The van der Waals surface area contributed by atoms with Crippen LogP contribution in [0, 0.1) is 0 Å². The van der Waals surface area contributed by atoms with E-state index >= 15 is 0 Å². The lowest BCUT2D eigenvalue weighted by molar-refractivity contribution is -0.129. The van der Waals surface area contributed by atoms with E-state index in [2.05, 4.69) is 5.32 Å². The first kappa shape index (κ1) is 14.5. The fraction of sp³-hybridized carbons (Fsp3) is 0.500. The second-order valence-corrected chi connectivity index (χ2v) is 4.12. The first-order valence-electron chi connectivity index (χ1n) is 6.34. The SMILES string of the molecule is CCC(Oc1ccccc1)C(=O)N[C@@H](CC)CO. The Kier molecular flexibility index (Phi) is 6.22. The molecule has 0 saturated carbocycles. The van der Waals surface area contributed by atoms with Gasteiger partial charge in [0.2, 0.25) is 0 Å². The van der Waals surface area contributed by atoms with Crippen LogP contribution >= 0.6 is 0 Å². The molecular weight excluding hydrogens is 230 g/mol. The molecule has 100 valence electrons. The monoisotopic (exact) mass is 251 g/mol. The minimum atomic E-state index is -0.520. The van der Waals surface area contributed by atoms with Crippen LogP contribution in [0.15, 0.2) is 30.3 Å². The molecule has 0 heterocycles. The van der Waals surface area contributed by atoms with E-state index in [9.17, 15) is 4.79 Å². The molecule has 2 atom stereocenters. The molecule has 0 bridgehead atoms. The number of aliphatic hydroxyl groups excluding tert-OH is 1. The van der Waals surface area contributed by atoms with Gasteiger partial charge in [-0.3, -0.25) is 4.79 Å². The van der Waals surface area contributed by atoms with E-state index in [0.29, 0.717) is 18.6 Å². The van der Waals surface area contributed by atoms with Crippen molar-refractivity contribution in [1.29, 1.82) is 0 Å². The molecule has 0 fully saturated rings. The van der Waals surface area contributed by atoms with Gasteiger partial charge in [0.25, 0.3) is 5.91 Å². The molecule has 4 heteroatoms. The van der Waals surface area contributed by atoms with Gasteiger partial charge < -0.3 is 15.2 Å². The highest BCUT2D eigenvalue weighted by molar-refractivity contribution is 5.81. The lowest BCUT2D eigenvalue weighted by Gasteiger charge is -2.20. The van der Waals surface area contributed by atoms with Crippen molar-refractivity contribution in [2.24, 2.45) is 0 Å². The molecule has 0 aromatic heterocycles. The Balaban J connectivity index is 2.58. The predicted octanol–water partition coefficient (Wildman–Crippen LogP) is 1.73. The van der Waals surface area contributed by atoms with Crippen LogP contribution < -0.4 is 10.1 Å². The van der Waals surface area contributed by atoms with Gasteiger partial charge in [-0.15, -0.1) is 0 Å². The lowest BCUT2D eigenvalue weighted by Crippen LogP contribution is -2.44. The van der Waals surface area contributed by atoms with Gasteiger partial charge in [0.15, 0.2) is 6.10 Å². The lowest BCUT2D eigenvalue weighted by atomic mass is 10.2. The van der Waals surface area contributed by atoms with Crippen molar-refractivity contribution in [1.82, 2.24) is 5.32 Å². The van der Waals surface area contributed by atoms with E-state index in [0.717, 1.165) is 0 Å². The van der Waals surface area contributed by atoms with Gasteiger partial charge in [-0.1, -0.05) is 32.0 Å². The molecule has 0 aliphatic rings. The zero-order valence-electron chi connectivity index (χ0n) is 10.9. The molecule has 0 spiro atoms. The smallest absolute Gasteiger partial charge is 0.261 e. The molecule has 1 aromatic rings. The number of hydrogen-bond donors (Lipinski definition) is 2. The Bertz CT molecular complexity index is 349. The summed E-state index contributed by atoms with van der Waals surface area (Å²) in [6.07, 6.45) is 0.764. The molecule has 18 heavy (non-hydrogen) atoms. The van der Waals surface area contributed by atoms with Crippen molar-refractivity contribution in [3.8, 4) is 5.75 Å². The molecule has 0 saturated heterocycles. The van der Waals surface area contributed by atoms with Crippen LogP contribution in [0.5, 0.6) is 5.75 Å². The summed E-state index contributed by atoms with van der Waals surface area (Å²) in [7, 11) is 0. The minimum Gasteiger partial charge on any atom is -0.481 e. The third kappa shape index (κ3) is 4.37. The van der Waals surface area contributed by atoms with Crippen LogP contribution in [-0.4, -0.2) is 29.8 Å². The van der Waals surface area contributed by atoms with Crippen LogP contribution in [0.25, 0.3) is 0 Å². The summed E-state index contributed by atoms with van der Waals surface area (Å²) in [6, 6.07) is 9.06. The highest BCUT2D eigenvalue weighted by atomic mass is 16.5. The standard InChI is InChI=1S/C14H21NO3/c1-3-11(10-16)15-14(17)13(4-2)18-12-8-6-5-7-9-12/h5-9,11,13,16H,3-4,10H2,1-2H3,(H,15,17)/t11-,13?/m0/s1. The molecular formula is C14H21NO3. The van der Waals surface area contributed by atoms with Gasteiger partial charge >= 0.3 is 0 Å². The number of rotatable bonds is 7. The summed E-state index contributed by atoms with van der Waals surface area (Å²) in [5.74, 6) is 0.499. The largest absolute Gasteiger partial charge is 0.481 e. The van der Waals surface area contributed by atoms with Crippen molar-refractivity contribution in [3.63, 3.8) is 0 Å². The van der Waals surface area contributed by atoms with E-state index in [1.54, 1.807) is 0 Å². The van der Waals surface area contributed by atoms with Crippen molar-refractivity contribution in [2.75, 3.05) is 6.61 Å². The first-order valence-corrected chi connectivity index (χ1v) is 6.34. The summed E-state index contributed by atoms with van der Waals surface area (Å²) < 4.78 is 5.62. The normalized spacial score (nSPS) is 13.7. The molecule has 0 radical (unpaired) electrons. The summed E-state index contributed by atoms with van der Waals surface area (Å²) in [6.45, 7) is 3.76. The van der Waals surface area contributed by atoms with Gasteiger partial charge in [0.05, 0.1) is 12.6 Å². The van der Waals surface area contributed by atoms with Crippen LogP contribution in [0.2, 0.25) is 0 Å². The van der Waals surface area contributed by atoms with E-state index in [-0.39, 0.29) is 18.6 Å². The number of hydrogen-bond acceptors (Lipinski definition) is 3. The summed E-state index contributed by atoms with van der Waals surface area (Å²) in [4.78, 5) is 12.0. The number of para-hydroxylation sites is 1. The Morgan fingerprint density at radius 1 is 1.28 bits per heavy atom. The molecule has 1 rings (SSSR count). The van der Waals surface area contributed by atoms with Crippen LogP contribution in [0.1, 0.15) is 26.7 Å². The van der Waals surface area contributed by atoms with Crippen LogP contribution in [0.4, 0.5) is 0 Å². The van der Waals surface area contributed by atoms with Crippen LogP contribution in [0.3, 0.4) is 0 Å². The second-order valence-electron chi connectivity index (χ2n) is 4.12. The number of carbonyl (C=O) groups excluding carboxylic acids is 1. The first-order chi connectivity index (χ1) is 8.71. The van der Waals surface area contributed by atoms with Gasteiger partial charge in [-0.25, -0.2) is 0 Å². The fourth-order valence-electron chi connectivity index (χ4n) is 1.56. The van der Waals surface area contributed by atoms with Crippen molar-refractivity contribution in [3.05, 3.63) is 30.3 Å². The molecule has 1 unspecified atom stereocenters. The number of carbonyl (C=O) groups is 1. The third-order valence-corrected chi connectivity index (χ3v) is 2.74. The molecule has 0 aliphatic carbocycles. The van der Waals surface area contributed by atoms with Crippen LogP contribution in [-0.2, 0) is 4.79 Å². The van der Waals surface area contributed by atoms with E-state index in [1.807, 2.05) is 44.2 Å². The van der Waals surface area contributed by atoms with E-state index in [1.165, 1.54) is 0 Å². The summed E-state index contributed by atoms with van der Waals surface area (Å²) in [5.41, 5.74) is 0. The quantitative estimate of drug-likeness (QED) is 0.776. The highest BCUT2D eigenvalue weighted by Crippen LogP contribution is 2.12. The van der Waals surface area contributed by atoms with Crippen molar-refractivity contribution >= 4 is 5.91 Å². The zero-order valence-corrected chi connectivity index (χ0v) is 10.9.